The second-order valence-corrected chi connectivity index (χ2v) is 7.33. The maximum Gasteiger partial charge on any atom is 0.313 e. The van der Waals surface area contributed by atoms with Crippen LogP contribution in [0.25, 0.3) is 0 Å². The van der Waals surface area contributed by atoms with Crippen molar-refractivity contribution in [2.75, 3.05) is 5.32 Å². The lowest BCUT2D eigenvalue weighted by molar-refractivity contribution is -0.142. The van der Waals surface area contributed by atoms with Crippen LogP contribution in [0.2, 0.25) is 0 Å². The van der Waals surface area contributed by atoms with Gasteiger partial charge in [0.2, 0.25) is 5.91 Å². The number of carbonyl (C=O) groups excluding carboxylic acids is 1. The van der Waals surface area contributed by atoms with Gasteiger partial charge < -0.3 is 10.4 Å². The average molecular weight is 346 g/mol. The molecule has 6 heteroatoms. The molecule has 0 aliphatic carbocycles. The lowest BCUT2D eigenvalue weighted by Gasteiger charge is -2.19. The highest BCUT2D eigenvalue weighted by atomic mass is 32.1. The molecule has 0 bridgehead atoms. The maximum absolute atomic E-state index is 12.0. The van der Waals surface area contributed by atoms with E-state index in [4.69, 9.17) is 0 Å². The molecule has 1 amide bonds. The number of aromatic nitrogens is 1. The second-order valence-electron chi connectivity index (χ2n) is 6.27. The van der Waals surface area contributed by atoms with Crippen LogP contribution in [0.5, 0.6) is 0 Å². The first kappa shape index (κ1) is 18.1. The number of aryl methyl sites for hydroxylation is 2. The number of anilines is 1. The summed E-state index contributed by atoms with van der Waals surface area (Å²) in [7, 11) is 0. The van der Waals surface area contributed by atoms with Gasteiger partial charge in [0.05, 0.1) is 16.1 Å². The van der Waals surface area contributed by atoms with E-state index in [9.17, 15) is 14.7 Å². The molecule has 1 aromatic heterocycles. The van der Waals surface area contributed by atoms with Crippen molar-refractivity contribution in [3.05, 3.63) is 45.9 Å². The zero-order valence-electron chi connectivity index (χ0n) is 14.1. The van der Waals surface area contributed by atoms with E-state index >= 15 is 0 Å². The van der Waals surface area contributed by atoms with E-state index in [-0.39, 0.29) is 5.91 Å². The first-order valence-corrected chi connectivity index (χ1v) is 8.72. The molecule has 0 unspecified atom stereocenters. The fourth-order valence-corrected chi connectivity index (χ4v) is 2.92. The van der Waals surface area contributed by atoms with Crippen LogP contribution in [0, 0.1) is 6.92 Å². The second kappa shape index (κ2) is 7.57. The van der Waals surface area contributed by atoms with Gasteiger partial charge in [0, 0.05) is 17.5 Å². The van der Waals surface area contributed by atoms with Gasteiger partial charge in [-0.25, -0.2) is 4.98 Å². The van der Waals surface area contributed by atoms with Crippen LogP contribution in [0.1, 0.15) is 43.0 Å². The van der Waals surface area contributed by atoms with Crippen LogP contribution >= 0.6 is 11.3 Å². The highest BCUT2D eigenvalue weighted by Gasteiger charge is 2.29. The molecular formula is C18H22N2O3S. The molecule has 0 atom stereocenters. The lowest BCUT2D eigenvalue weighted by atomic mass is 9.85. The smallest absolute Gasteiger partial charge is 0.313 e. The van der Waals surface area contributed by atoms with Crippen LogP contribution in [0.4, 0.5) is 5.69 Å². The molecule has 0 spiro atoms. The van der Waals surface area contributed by atoms with Crippen molar-refractivity contribution in [3.63, 3.8) is 0 Å². The third kappa shape index (κ3) is 4.64. The van der Waals surface area contributed by atoms with Gasteiger partial charge in [-0.05, 0) is 51.3 Å². The number of amides is 1. The maximum atomic E-state index is 12.0. The summed E-state index contributed by atoms with van der Waals surface area (Å²) >= 11 is 1.62. The first-order valence-electron chi connectivity index (χ1n) is 7.84. The highest BCUT2D eigenvalue weighted by molar-refractivity contribution is 7.09. The molecule has 0 saturated carbocycles. The SMILES string of the molecule is Cc1nc(CCCC(=O)Nc2ccc(C(C)(C)C(=O)O)cc2)cs1. The third-order valence-electron chi connectivity index (χ3n) is 3.93. The predicted molar refractivity (Wildman–Crippen MR) is 95.5 cm³/mol. The number of carboxylic acids is 1. The van der Waals surface area contributed by atoms with E-state index < -0.39 is 11.4 Å². The Kier molecular flexibility index (Phi) is 5.72. The van der Waals surface area contributed by atoms with E-state index in [1.807, 2.05) is 12.3 Å². The van der Waals surface area contributed by atoms with Crippen molar-refractivity contribution < 1.29 is 14.7 Å². The summed E-state index contributed by atoms with van der Waals surface area (Å²) in [5.41, 5.74) is 1.46. The topological polar surface area (TPSA) is 79.3 Å². The van der Waals surface area contributed by atoms with Crippen molar-refractivity contribution in [1.82, 2.24) is 4.98 Å². The minimum atomic E-state index is -0.950. The molecule has 128 valence electrons. The van der Waals surface area contributed by atoms with Crippen molar-refractivity contribution >= 4 is 28.9 Å². The van der Waals surface area contributed by atoms with Crippen LogP contribution in [-0.2, 0) is 21.4 Å². The average Bonchev–Trinajstić information content (AvgIpc) is 2.93. The fourth-order valence-electron chi connectivity index (χ4n) is 2.27. The van der Waals surface area contributed by atoms with Crippen LogP contribution < -0.4 is 5.32 Å². The van der Waals surface area contributed by atoms with Crippen molar-refractivity contribution in [2.45, 2.75) is 45.4 Å². The van der Waals surface area contributed by atoms with Crippen molar-refractivity contribution in [3.8, 4) is 0 Å². The molecule has 2 rings (SSSR count). The molecule has 0 radical (unpaired) electrons. The standard InChI is InChI=1S/C18H22N2O3S/c1-12-19-15(11-24-12)5-4-6-16(21)20-14-9-7-13(8-10-14)18(2,3)17(22)23/h7-11H,4-6H2,1-3H3,(H,20,21)(H,22,23). The van der Waals surface area contributed by atoms with Gasteiger partial charge >= 0.3 is 5.97 Å². The van der Waals surface area contributed by atoms with Gasteiger partial charge in [0.15, 0.2) is 0 Å². The molecule has 0 fully saturated rings. The molecule has 5 nitrogen and oxygen atoms in total. The van der Waals surface area contributed by atoms with E-state index in [0.717, 1.165) is 23.5 Å². The van der Waals surface area contributed by atoms with Gasteiger partial charge in [0.1, 0.15) is 0 Å². The molecule has 24 heavy (non-hydrogen) atoms. The third-order valence-corrected chi connectivity index (χ3v) is 4.75. The summed E-state index contributed by atoms with van der Waals surface area (Å²) in [4.78, 5) is 27.6. The number of hydrogen-bond acceptors (Lipinski definition) is 4. The largest absolute Gasteiger partial charge is 0.481 e. The van der Waals surface area contributed by atoms with E-state index in [1.165, 1.54) is 0 Å². The summed E-state index contributed by atoms with van der Waals surface area (Å²) in [5.74, 6) is -0.927. The number of aliphatic carboxylic acids is 1. The van der Waals surface area contributed by atoms with Crippen LogP contribution in [0.15, 0.2) is 29.6 Å². The van der Waals surface area contributed by atoms with Gasteiger partial charge in [0.25, 0.3) is 0 Å². The minimum absolute atomic E-state index is 0.0489. The Morgan fingerprint density at radius 3 is 2.46 bits per heavy atom. The number of carboxylic acid groups (broad SMARTS) is 1. The Morgan fingerprint density at radius 1 is 1.25 bits per heavy atom. The van der Waals surface area contributed by atoms with Gasteiger partial charge in [-0.1, -0.05) is 12.1 Å². The Balaban J connectivity index is 1.84. The van der Waals surface area contributed by atoms with Crippen molar-refractivity contribution in [2.24, 2.45) is 0 Å². The molecule has 0 aliphatic heterocycles. The molecule has 2 aromatic rings. The lowest BCUT2D eigenvalue weighted by Crippen LogP contribution is -2.28. The van der Waals surface area contributed by atoms with E-state index in [0.29, 0.717) is 17.7 Å². The summed E-state index contributed by atoms with van der Waals surface area (Å²) in [6.07, 6.45) is 1.97. The van der Waals surface area contributed by atoms with Gasteiger partial charge in [-0.3, -0.25) is 9.59 Å². The Labute approximate surface area is 145 Å². The Morgan fingerprint density at radius 2 is 1.92 bits per heavy atom. The Bertz CT molecular complexity index is 720. The molecule has 0 aliphatic rings. The fraction of sp³-hybridized carbons (Fsp3) is 0.389. The molecule has 0 saturated heterocycles. The van der Waals surface area contributed by atoms with Gasteiger partial charge in [-0.15, -0.1) is 11.3 Å². The number of nitrogens with one attached hydrogen (secondary N) is 1. The van der Waals surface area contributed by atoms with Crippen LogP contribution in [-0.4, -0.2) is 22.0 Å². The predicted octanol–water partition coefficient (Wildman–Crippen LogP) is 3.78. The highest BCUT2D eigenvalue weighted by Crippen LogP contribution is 2.24. The van der Waals surface area contributed by atoms with E-state index in [1.54, 1.807) is 49.4 Å². The number of hydrogen-bond donors (Lipinski definition) is 2. The van der Waals surface area contributed by atoms with Crippen LogP contribution in [0.3, 0.4) is 0 Å². The molecule has 2 N–H and O–H groups in total. The quantitative estimate of drug-likeness (QED) is 0.800. The monoisotopic (exact) mass is 346 g/mol. The minimum Gasteiger partial charge on any atom is -0.481 e. The van der Waals surface area contributed by atoms with Gasteiger partial charge in [-0.2, -0.15) is 0 Å². The number of carbonyl (C=O) groups is 2. The number of rotatable bonds is 7. The summed E-state index contributed by atoms with van der Waals surface area (Å²) in [5, 5.41) is 15.1. The van der Waals surface area contributed by atoms with Crippen molar-refractivity contribution in [1.29, 1.82) is 0 Å². The summed E-state index contributed by atoms with van der Waals surface area (Å²) in [6, 6.07) is 6.95. The summed E-state index contributed by atoms with van der Waals surface area (Å²) in [6.45, 7) is 5.28. The first-order chi connectivity index (χ1) is 11.3. The summed E-state index contributed by atoms with van der Waals surface area (Å²) < 4.78 is 0. The number of benzene rings is 1. The van der Waals surface area contributed by atoms with E-state index in [2.05, 4.69) is 10.3 Å². The molecule has 1 aromatic carbocycles. The number of nitrogens with zero attached hydrogens (tertiary/aromatic N) is 1. The number of thiazole rings is 1. The zero-order valence-corrected chi connectivity index (χ0v) is 14.9. The molecule has 1 heterocycles. The molecular weight excluding hydrogens is 324 g/mol. The Hall–Kier alpha value is -2.21. The normalized spacial score (nSPS) is 11.3. The zero-order chi connectivity index (χ0) is 17.7.